The molecule has 1 aromatic rings. The standard InChI is InChI=1S/C11H17N3O/c1-2-3-4-8-15-10-7-5-6-9(14-10)11(12)13/h5-7H,2-4,8H2,1H3,(H3,12,13). The molecule has 0 aliphatic rings. The second-order valence-electron chi connectivity index (χ2n) is 3.33. The molecule has 0 aliphatic heterocycles. The quantitative estimate of drug-likeness (QED) is 0.425. The van der Waals surface area contributed by atoms with Gasteiger partial charge in [-0.2, -0.15) is 0 Å². The molecule has 0 radical (unpaired) electrons. The van der Waals surface area contributed by atoms with Crippen molar-refractivity contribution in [3.63, 3.8) is 0 Å². The van der Waals surface area contributed by atoms with E-state index in [9.17, 15) is 0 Å². The molecule has 4 nitrogen and oxygen atoms in total. The topological polar surface area (TPSA) is 72.0 Å². The van der Waals surface area contributed by atoms with Crippen LogP contribution in [0, 0.1) is 5.41 Å². The molecular weight excluding hydrogens is 190 g/mol. The fourth-order valence-corrected chi connectivity index (χ4v) is 1.17. The zero-order valence-corrected chi connectivity index (χ0v) is 8.99. The molecule has 0 bridgehead atoms. The largest absolute Gasteiger partial charge is 0.478 e. The van der Waals surface area contributed by atoms with Crippen molar-refractivity contribution in [1.29, 1.82) is 5.41 Å². The summed E-state index contributed by atoms with van der Waals surface area (Å²) in [7, 11) is 0. The molecule has 0 spiro atoms. The molecule has 4 heteroatoms. The average Bonchev–Trinajstić information content (AvgIpc) is 2.25. The van der Waals surface area contributed by atoms with Crippen LogP contribution in [0.5, 0.6) is 5.88 Å². The Balaban J connectivity index is 2.47. The number of nitrogens with one attached hydrogen (secondary N) is 1. The summed E-state index contributed by atoms with van der Waals surface area (Å²) >= 11 is 0. The Hall–Kier alpha value is -1.58. The lowest BCUT2D eigenvalue weighted by molar-refractivity contribution is 0.295. The highest BCUT2D eigenvalue weighted by molar-refractivity contribution is 5.93. The van der Waals surface area contributed by atoms with E-state index in [2.05, 4.69) is 11.9 Å². The summed E-state index contributed by atoms with van der Waals surface area (Å²) in [6.07, 6.45) is 3.36. The van der Waals surface area contributed by atoms with Crippen molar-refractivity contribution >= 4 is 5.84 Å². The number of aromatic nitrogens is 1. The number of nitrogen functional groups attached to an aromatic ring is 1. The number of nitrogens with zero attached hydrogens (tertiary/aromatic N) is 1. The van der Waals surface area contributed by atoms with Gasteiger partial charge in [0.1, 0.15) is 11.5 Å². The normalized spacial score (nSPS) is 9.93. The second kappa shape index (κ2) is 6.01. The summed E-state index contributed by atoms with van der Waals surface area (Å²) in [5.74, 6) is 0.507. The number of nitrogens with two attached hydrogens (primary N) is 1. The smallest absolute Gasteiger partial charge is 0.213 e. The molecule has 15 heavy (non-hydrogen) atoms. The van der Waals surface area contributed by atoms with E-state index in [1.807, 2.05) is 0 Å². The van der Waals surface area contributed by atoms with Crippen LogP contribution in [0.15, 0.2) is 18.2 Å². The van der Waals surface area contributed by atoms with Crippen LogP contribution in [-0.4, -0.2) is 17.4 Å². The van der Waals surface area contributed by atoms with Gasteiger partial charge in [0.05, 0.1) is 6.61 Å². The lowest BCUT2D eigenvalue weighted by Crippen LogP contribution is -2.13. The number of rotatable bonds is 6. The Kier molecular flexibility index (Phi) is 4.60. The Morgan fingerprint density at radius 1 is 1.47 bits per heavy atom. The number of unbranched alkanes of at least 4 members (excludes halogenated alkanes) is 2. The third kappa shape index (κ3) is 3.97. The van der Waals surface area contributed by atoms with Crippen molar-refractivity contribution in [3.8, 4) is 5.88 Å². The van der Waals surface area contributed by atoms with E-state index in [1.165, 1.54) is 6.42 Å². The molecule has 3 N–H and O–H groups in total. The maximum Gasteiger partial charge on any atom is 0.213 e. The predicted molar refractivity (Wildman–Crippen MR) is 60.3 cm³/mol. The van der Waals surface area contributed by atoms with Crippen LogP contribution in [0.25, 0.3) is 0 Å². The van der Waals surface area contributed by atoms with Crippen LogP contribution >= 0.6 is 0 Å². The van der Waals surface area contributed by atoms with Crippen LogP contribution < -0.4 is 10.5 Å². The van der Waals surface area contributed by atoms with E-state index in [-0.39, 0.29) is 5.84 Å². The minimum Gasteiger partial charge on any atom is -0.478 e. The number of hydrogen-bond acceptors (Lipinski definition) is 3. The highest BCUT2D eigenvalue weighted by Gasteiger charge is 2.00. The van der Waals surface area contributed by atoms with E-state index >= 15 is 0 Å². The highest BCUT2D eigenvalue weighted by Crippen LogP contribution is 2.08. The van der Waals surface area contributed by atoms with Gasteiger partial charge in [-0.05, 0) is 12.5 Å². The van der Waals surface area contributed by atoms with Gasteiger partial charge in [0.2, 0.25) is 5.88 Å². The van der Waals surface area contributed by atoms with Crippen molar-refractivity contribution in [2.24, 2.45) is 5.73 Å². The number of amidine groups is 1. The first-order valence-corrected chi connectivity index (χ1v) is 5.18. The van der Waals surface area contributed by atoms with Crippen LogP contribution in [0.4, 0.5) is 0 Å². The molecule has 82 valence electrons. The molecule has 0 saturated heterocycles. The van der Waals surface area contributed by atoms with E-state index < -0.39 is 0 Å². The Morgan fingerprint density at radius 3 is 2.93 bits per heavy atom. The molecule has 1 heterocycles. The van der Waals surface area contributed by atoms with Gasteiger partial charge in [-0.25, -0.2) is 4.98 Å². The molecular formula is C11H17N3O. The molecule has 0 unspecified atom stereocenters. The van der Waals surface area contributed by atoms with E-state index in [4.69, 9.17) is 15.9 Å². The maximum absolute atomic E-state index is 7.23. The van der Waals surface area contributed by atoms with E-state index in [1.54, 1.807) is 18.2 Å². The van der Waals surface area contributed by atoms with Gasteiger partial charge in [-0.1, -0.05) is 25.8 Å². The van der Waals surface area contributed by atoms with Gasteiger partial charge in [0.15, 0.2) is 0 Å². The SMILES string of the molecule is CCCCCOc1cccc(C(=N)N)n1. The van der Waals surface area contributed by atoms with Crippen molar-refractivity contribution in [3.05, 3.63) is 23.9 Å². The van der Waals surface area contributed by atoms with Gasteiger partial charge in [-0.3, -0.25) is 5.41 Å². The van der Waals surface area contributed by atoms with Gasteiger partial charge >= 0.3 is 0 Å². The van der Waals surface area contributed by atoms with Gasteiger partial charge in [0.25, 0.3) is 0 Å². The predicted octanol–water partition coefficient (Wildman–Crippen LogP) is 1.93. The molecule has 0 aromatic carbocycles. The first-order chi connectivity index (χ1) is 7.24. The zero-order chi connectivity index (χ0) is 11.1. The first-order valence-electron chi connectivity index (χ1n) is 5.18. The van der Waals surface area contributed by atoms with Crippen LogP contribution in [0.1, 0.15) is 31.9 Å². The molecule has 0 aliphatic carbocycles. The zero-order valence-electron chi connectivity index (χ0n) is 8.99. The minimum absolute atomic E-state index is 0.0333. The molecule has 1 rings (SSSR count). The van der Waals surface area contributed by atoms with Crippen molar-refractivity contribution < 1.29 is 4.74 Å². The Morgan fingerprint density at radius 2 is 2.27 bits per heavy atom. The minimum atomic E-state index is -0.0333. The van der Waals surface area contributed by atoms with Gasteiger partial charge < -0.3 is 10.5 Å². The Labute approximate surface area is 90.0 Å². The highest BCUT2D eigenvalue weighted by atomic mass is 16.5. The second-order valence-corrected chi connectivity index (χ2v) is 3.33. The van der Waals surface area contributed by atoms with Crippen molar-refractivity contribution in [2.45, 2.75) is 26.2 Å². The van der Waals surface area contributed by atoms with Gasteiger partial charge in [-0.15, -0.1) is 0 Å². The molecule has 0 atom stereocenters. The summed E-state index contributed by atoms with van der Waals surface area (Å²) in [6, 6.07) is 5.26. The lowest BCUT2D eigenvalue weighted by Gasteiger charge is -2.05. The fourth-order valence-electron chi connectivity index (χ4n) is 1.17. The maximum atomic E-state index is 7.23. The summed E-state index contributed by atoms with van der Waals surface area (Å²) < 4.78 is 5.44. The number of ether oxygens (including phenoxy) is 1. The monoisotopic (exact) mass is 207 g/mol. The summed E-state index contributed by atoms with van der Waals surface area (Å²) in [5, 5.41) is 7.23. The molecule has 0 fully saturated rings. The summed E-state index contributed by atoms with van der Waals surface area (Å²) in [6.45, 7) is 2.82. The van der Waals surface area contributed by atoms with Crippen molar-refractivity contribution in [1.82, 2.24) is 4.98 Å². The number of hydrogen-bond donors (Lipinski definition) is 2. The van der Waals surface area contributed by atoms with E-state index in [0.29, 0.717) is 18.2 Å². The summed E-state index contributed by atoms with van der Waals surface area (Å²) in [5.41, 5.74) is 5.79. The average molecular weight is 207 g/mol. The Bertz CT molecular complexity index is 325. The van der Waals surface area contributed by atoms with Crippen LogP contribution in [0.2, 0.25) is 0 Å². The van der Waals surface area contributed by atoms with Gasteiger partial charge in [0, 0.05) is 6.07 Å². The third-order valence-electron chi connectivity index (χ3n) is 2.00. The fraction of sp³-hybridized carbons (Fsp3) is 0.455. The van der Waals surface area contributed by atoms with Crippen LogP contribution in [0.3, 0.4) is 0 Å². The first kappa shape index (κ1) is 11.5. The molecule has 0 saturated carbocycles. The van der Waals surface area contributed by atoms with Crippen LogP contribution in [-0.2, 0) is 0 Å². The number of pyridine rings is 1. The molecule has 0 amide bonds. The summed E-state index contributed by atoms with van der Waals surface area (Å²) in [4.78, 5) is 4.10. The van der Waals surface area contributed by atoms with E-state index in [0.717, 1.165) is 12.8 Å². The molecule has 1 aromatic heterocycles. The van der Waals surface area contributed by atoms with Crippen molar-refractivity contribution in [2.75, 3.05) is 6.61 Å². The lowest BCUT2D eigenvalue weighted by atomic mass is 10.3. The third-order valence-corrected chi connectivity index (χ3v) is 2.00.